The van der Waals surface area contributed by atoms with E-state index in [0.717, 1.165) is 51.4 Å². The number of hydrogen-bond acceptors (Lipinski definition) is 8. The molecule has 0 aromatic rings. The molecule has 4 fully saturated rings. The van der Waals surface area contributed by atoms with Gasteiger partial charge in [0.15, 0.2) is 6.10 Å². The molecule has 14 atom stereocenters. The Labute approximate surface area is 268 Å². The molecular formula is C36H58O9. The highest BCUT2D eigenvalue weighted by atomic mass is 16.6. The van der Waals surface area contributed by atoms with Crippen LogP contribution in [0.3, 0.4) is 0 Å². The topological polar surface area (TPSA) is 165 Å². The number of hydrogen-bond donors (Lipinski definition) is 6. The summed E-state index contributed by atoms with van der Waals surface area (Å²) in [6.45, 7) is 15.3. The van der Waals surface area contributed by atoms with E-state index < -0.39 is 59.9 Å². The van der Waals surface area contributed by atoms with Crippen LogP contribution in [0.2, 0.25) is 0 Å². The summed E-state index contributed by atoms with van der Waals surface area (Å²) in [5, 5.41) is 60.1. The van der Waals surface area contributed by atoms with Crippen LogP contribution in [-0.2, 0) is 14.3 Å². The number of carbonyl (C=O) groups excluding carboxylic acids is 1. The third-order valence-corrected chi connectivity index (χ3v) is 15.1. The standard InChI is InChI=1S/C36H58O9/c1-19-10-15-36(31(43)44)17-16-34(6)21(26(36)20(19)2)8-9-24-33(5)13-12-25(32(3,4)23(33)11-14-35(24,34)7)45-30(42)29(41)28(40)27(39)22(38)18-37/h8,19-20,22-29,37-41H,9-18H2,1-7H3,(H,43,44)/t19-,20+,22-,23+,24-,25+,26+,27-,28+,29-,33+,34-,35-,36+/m1/s1. The van der Waals surface area contributed by atoms with E-state index in [1.807, 2.05) is 0 Å². The van der Waals surface area contributed by atoms with E-state index in [1.165, 1.54) is 5.57 Å². The fraction of sp³-hybridized carbons (Fsp3) is 0.889. The Morgan fingerprint density at radius 1 is 0.889 bits per heavy atom. The van der Waals surface area contributed by atoms with Gasteiger partial charge in [-0.3, -0.25) is 4.79 Å². The third kappa shape index (κ3) is 4.88. The fourth-order valence-corrected chi connectivity index (χ4v) is 11.9. The quantitative estimate of drug-likeness (QED) is 0.179. The lowest BCUT2D eigenvalue weighted by atomic mass is 9.33. The van der Waals surface area contributed by atoms with Crippen molar-refractivity contribution in [2.24, 2.45) is 56.7 Å². The molecule has 5 aliphatic rings. The molecule has 0 unspecified atom stereocenters. The van der Waals surface area contributed by atoms with Gasteiger partial charge in [-0.1, -0.05) is 60.1 Å². The first-order valence-electron chi connectivity index (χ1n) is 17.3. The Balaban J connectivity index is 1.41. The number of rotatable bonds is 7. The van der Waals surface area contributed by atoms with Crippen LogP contribution in [0.15, 0.2) is 11.6 Å². The third-order valence-electron chi connectivity index (χ3n) is 15.1. The zero-order chi connectivity index (χ0) is 33.5. The Hall–Kier alpha value is -1.52. The van der Waals surface area contributed by atoms with Crippen LogP contribution >= 0.6 is 0 Å². The van der Waals surface area contributed by atoms with E-state index in [0.29, 0.717) is 24.2 Å². The van der Waals surface area contributed by atoms with Crippen LogP contribution in [-0.4, -0.2) is 79.7 Å². The van der Waals surface area contributed by atoms with E-state index in [2.05, 4.69) is 54.5 Å². The number of aliphatic hydroxyl groups is 5. The van der Waals surface area contributed by atoms with E-state index in [9.17, 15) is 35.1 Å². The normalized spacial score (nSPS) is 46.5. The van der Waals surface area contributed by atoms with Gasteiger partial charge in [-0.05, 0) is 104 Å². The van der Waals surface area contributed by atoms with E-state index in [1.54, 1.807) is 0 Å². The zero-order valence-electron chi connectivity index (χ0n) is 28.3. The maximum Gasteiger partial charge on any atom is 0.338 e. The molecule has 0 heterocycles. The predicted octanol–water partition coefficient (Wildman–Crippen LogP) is 4.08. The number of ether oxygens (including phenoxy) is 1. The summed E-state index contributed by atoms with van der Waals surface area (Å²) in [5.41, 5.74) is 0.163. The number of carboxylic acids is 1. The summed E-state index contributed by atoms with van der Waals surface area (Å²) in [7, 11) is 0. The van der Waals surface area contributed by atoms with Crippen molar-refractivity contribution in [1.29, 1.82) is 0 Å². The molecule has 5 aliphatic carbocycles. The van der Waals surface area contributed by atoms with Crippen LogP contribution in [0.4, 0.5) is 0 Å². The zero-order valence-corrected chi connectivity index (χ0v) is 28.3. The number of carboxylic acid groups (broad SMARTS) is 1. The smallest absolute Gasteiger partial charge is 0.338 e. The second-order valence-electron chi connectivity index (χ2n) is 17.1. The molecule has 9 nitrogen and oxygen atoms in total. The molecule has 0 bridgehead atoms. The van der Waals surface area contributed by atoms with Crippen molar-refractivity contribution in [1.82, 2.24) is 0 Å². The molecule has 0 saturated heterocycles. The summed E-state index contributed by atoms with van der Waals surface area (Å²) in [6, 6.07) is 0. The molecule has 0 radical (unpaired) electrons. The molecule has 256 valence electrons. The van der Waals surface area contributed by atoms with Gasteiger partial charge < -0.3 is 35.4 Å². The predicted molar refractivity (Wildman–Crippen MR) is 168 cm³/mol. The Bertz CT molecular complexity index is 1200. The lowest BCUT2D eigenvalue weighted by Gasteiger charge is -2.71. The molecular weight excluding hydrogens is 576 g/mol. The van der Waals surface area contributed by atoms with Crippen LogP contribution in [0.25, 0.3) is 0 Å². The van der Waals surface area contributed by atoms with Crippen molar-refractivity contribution < 1.29 is 45.0 Å². The maximum absolute atomic E-state index is 13.0. The lowest BCUT2D eigenvalue weighted by Crippen LogP contribution is -2.65. The summed E-state index contributed by atoms with van der Waals surface area (Å²) >= 11 is 0. The molecule has 0 amide bonds. The molecule has 9 heteroatoms. The minimum atomic E-state index is -2.06. The molecule has 0 aliphatic heterocycles. The van der Waals surface area contributed by atoms with Crippen LogP contribution in [0, 0.1) is 56.7 Å². The molecule has 6 N–H and O–H groups in total. The number of allylic oxidation sites excluding steroid dienone is 2. The first-order valence-corrected chi connectivity index (χ1v) is 17.3. The molecule has 45 heavy (non-hydrogen) atoms. The number of carbonyl (C=O) groups is 2. The van der Waals surface area contributed by atoms with Gasteiger partial charge in [0.25, 0.3) is 0 Å². The first kappa shape index (κ1) is 34.8. The van der Waals surface area contributed by atoms with Crippen LogP contribution in [0.5, 0.6) is 0 Å². The van der Waals surface area contributed by atoms with Crippen molar-refractivity contribution in [2.45, 2.75) is 137 Å². The highest BCUT2D eigenvalue weighted by Crippen LogP contribution is 2.75. The van der Waals surface area contributed by atoms with Gasteiger partial charge in [-0.25, -0.2) is 4.79 Å². The Morgan fingerprint density at radius 3 is 2.18 bits per heavy atom. The minimum absolute atomic E-state index is 0.00300. The molecule has 4 saturated carbocycles. The second-order valence-corrected chi connectivity index (χ2v) is 17.1. The van der Waals surface area contributed by atoms with Gasteiger partial charge in [-0.2, -0.15) is 0 Å². The second kappa shape index (κ2) is 11.6. The van der Waals surface area contributed by atoms with Gasteiger partial charge in [0, 0.05) is 5.41 Å². The summed E-state index contributed by atoms with van der Waals surface area (Å²) in [5.74, 6) is -0.192. The first-order chi connectivity index (χ1) is 20.8. The fourth-order valence-electron chi connectivity index (χ4n) is 11.9. The largest absolute Gasteiger partial charge is 0.481 e. The minimum Gasteiger partial charge on any atom is -0.481 e. The van der Waals surface area contributed by atoms with Crippen LogP contribution < -0.4 is 0 Å². The average molecular weight is 635 g/mol. The van der Waals surface area contributed by atoms with Gasteiger partial charge in [0.1, 0.15) is 24.4 Å². The van der Waals surface area contributed by atoms with Gasteiger partial charge in [-0.15, -0.1) is 0 Å². The highest BCUT2D eigenvalue weighted by molar-refractivity contribution is 5.77. The highest BCUT2D eigenvalue weighted by Gasteiger charge is 2.69. The monoisotopic (exact) mass is 634 g/mol. The van der Waals surface area contributed by atoms with E-state index in [-0.39, 0.29) is 28.1 Å². The maximum atomic E-state index is 13.0. The van der Waals surface area contributed by atoms with Crippen LogP contribution in [0.1, 0.15) is 106 Å². The summed E-state index contributed by atoms with van der Waals surface area (Å²) in [4.78, 5) is 25.9. The molecule has 0 aromatic heterocycles. The van der Waals surface area contributed by atoms with Crippen molar-refractivity contribution in [3.8, 4) is 0 Å². The van der Waals surface area contributed by atoms with Crippen molar-refractivity contribution in [3.05, 3.63) is 11.6 Å². The molecule has 0 spiro atoms. The number of aliphatic hydroxyl groups excluding tert-OH is 5. The van der Waals surface area contributed by atoms with Gasteiger partial charge >= 0.3 is 11.9 Å². The van der Waals surface area contributed by atoms with E-state index >= 15 is 0 Å². The average Bonchev–Trinajstić information content (AvgIpc) is 2.98. The number of aliphatic carboxylic acids is 1. The van der Waals surface area contributed by atoms with Crippen molar-refractivity contribution >= 4 is 11.9 Å². The summed E-state index contributed by atoms with van der Waals surface area (Å²) < 4.78 is 5.86. The Morgan fingerprint density at radius 2 is 1.56 bits per heavy atom. The number of esters is 1. The van der Waals surface area contributed by atoms with Gasteiger partial charge in [0.05, 0.1) is 12.0 Å². The number of fused-ring (bicyclic) bond motifs is 7. The molecule has 5 rings (SSSR count). The van der Waals surface area contributed by atoms with E-state index in [4.69, 9.17) is 9.84 Å². The van der Waals surface area contributed by atoms with Crippen molar-refractivity contribution in [2.75, 3.05) is 6.61 Å². The SMILES string of the molecule is C[C@H]1[C@H](C)CC[C@]2(C(=O)O)CC[C@]3(C)C(=CC[C@@H]4[C@@]5(C)CC[C@H](OC(=O)[C@H](O)[C@@H](O)[C@H](O)[C@H](O)CO)C(C)(C)[C@@H]5CC[C@]43C)[C@H]12. The Kier molecular flexibility index (Phi) is 8.95. The summed E-state index contributed by atoms with van der Waals surface area (Å²) in [6.07, 6.45) is 1.91. The molecule has 0 aromatic carbocycles. The lowest BCUT2D eigenvalue weighted by molar-refractivity contribution is -0.220. The van der Waals surface area contributed by atoms with Crippen molar-refractivity contribution in [3.63, 3.8) is 0 Å². The van der Waals surface area contributed by atoms with Gasteiger partial charge in [0.2, 0.25) is 0 Å².